The fraction of sp³-hybridized carbons (Fsp3) is 0.486. The molecular formula is C35H40F3N6NaO5. The first-order valence-electron chi connectivity index (χ1n) is 16.5. The minimum absolute atomic E-state index is 0. The van der Waals surface area contributed by atoms with Gasteiger partial charge in [-0.3, -0.25) is 4.90 Å². The van der Waals surface area contributed by atoms with Crippen LogP contribution in [-0.2, 0) is 15.7 Å². The number of hydrogen-bond donors (Lipinski definition) is 1. The number of aromatic amines is 1. The van der Waals surface area contributed by atoms with E-state index in [1.807, 2.05) is 36.2 Å². The van der Waals surface area contributed by atoms with Crippen molar-refractivity contribution in [1.82, 2.24) is 24.8 Å². The van der Waals surface area contributed by atoms with Crippen molar-refractivity contribution >= 4 is 22.8 Å². The number of carbonyl (C=O) groups is 1. The number of anilines is 1. The molecule has 0 spiro atoms. The Morgan fingerprint density at radius 3 is 2.40 bits per heavy atom. The summed E-state index contributed by atoms with van der Waals surface area (Å²) in [7, 11) is 3.66. The number of nitrogens with zero attached hydrogens (tertiary/aromatic N) is 5. The van der Waals surface area contributed by atoms with E-state index < -0.39 is 17.8 Å². The van der Waals surface area contributed by atoms with Gasteiger partial charge < -0.3 is 34.0 Å². The zero-order valence-electron chi connectivity index (χ0n) is 28.8. The first-order valence-corrected chi connectivity index (χ1v) is 16.5. The molecule has 0 bridgehead atoms. The molecule has 0 unspecified atom stereocenters. The number of carbonyl (C=O) groups excluding carboxylic acids is 1. The number of benzene rings is 1. The number of halogens is 3. The molecule has 1 aliphatic heterocycles. The fourth-order valence-corrected chi connectivity index (χ4v) is 6.75. The van der Waals surface area contributed by atoms with Crippen LogP contribution in [0.15, 0.2) is 42.5 Å². The Bertz CT molecular complexity index is 1780. The molecule has 2 fully saturated rings. The number of pyridine rings is 2. The number of aliphatic carboxylic acids is 1. The molecule has 1 saturated heterocycles. The number of carboxylic acids is 1. The van der Waals surface area contributed by atoms with Crippen LogP contribution in [0, 0.1) is 5.41 Å². The van der Waals surface area contributed by atoms with Crippen molar-refractivity contribution in [3.8, 4) is 34.3 Å². The Labute approximate surface area is 310 Å². The fourth-order valence-electron chi connectivity index (χ4n) is 6.75. The van der Waals surface area contributed by atoms with E-state index >= 15 is 0 Å². The molecule has 50 heavy (non-hydrogen) atoms. The quantitative estimate of drug-likeness (QED) is 0.207. The van der Waals surface area contributed by atoms with Gasteiger partial charge in [-0.1, -0.05) is 6.42 Å². The van der Waals surface area contributed by atoms with E-state index in [0.29, 0.717) is 67.5 Å². The van der Waals surface area contributed by atoms with Crippen LogP contribution in [0.5, 0.6) is 11.6 Å². The van der Waals surface area contributed by atoms with Crippen LogP contribution < -0.4 is 49.0 Å². The van der Waals surface area contributed by atoms with Crippen molar-refractivity contribution in [3.63, 3.8) is 0 Å². The van der Waals surface area contributed by atoms with Crippen molar-refractivity contribution in [1.29, 1.82) is 0 Å². The third-order valence-electron chi connectivity index (χ3n) is 9.29. The van der Waals surface area contributed by atoms with Gasteiger partial charge in [0.1, 0.15) is 28.9 Å². The number of alkyl halides is 3. The van der Waals surface area contributed by atoms with Gasteiger partial charge >= 0.3 is 35.7 Å². The monoisotopic (exact) mass is 704 g/mol. The second-order valence-corrected chi connectivity index (χ2v) is 13.0. The molecular weight excluding hydrogens is 664 g/mol. The van der Waals surface area contributed by atoms with E-state index in [-0.39, 0.29) is 65.7 Å². The molecule has 262 valence electrons. The van der Waals surface area contributed by atoms with Crippen LogP contribution in [0.4, 0.5) is 18.9 Å². The van der Waals surface area contributed by atoms with Crippen molar-refractivity contribution in [2.45, 2.75) is 51.3 Å². The largest absolute Gasteiger partial charge is 1.00 e. The number of imidazole rings is 1. The minimum atomic E-state index is -4.67. The summed E-state index contributed by atoms with van der Waals surface area (Å²) in [6.07, 6.45) is -0.128. The SMILES string of the molecule is CCOc1cc(-c2cc(N(C)CC3(COC)CCC3)c3[nH]c(-c4ccc(OC5CCN(CC(=O)[O-])CC5)cc4)nc3n2)cc(C(F)(F)F)n1.[Na+]. The van der Waals surface area contributed by atoms with Gasteiger partial charge in [0.2, 0.25) is 5.88 Å². The third kappa shape index (κ3) is 8.71. The predicted octanol–water partition coefficient (Wildman–Crippen LogP) is 1.95. The smallest absolute Gasteiger partial charge is 0.549 e. The molecule has 1 N–H and O–H groups in total. The predicted molar refractivity (Wildman–Crippen MR) is 175 cm³/mol. The maximum Gasteiger partial charge on any atom is 1.00 e. The molecule has 6 rings (SSSR count). The average molecular weight is 705 g/mol. The molecule has 2 aliphatic rings. The summed E-state index contributed by atoms with van der Waals surface area (Å²) in [6.45, 7) is 4.30. The van der Waals surface area contributed by atoms with Gasteiger partial charge in [0.05, 0.1) is 30.6 Å². The average Bonchev–Trinajstić information content (AvgIpc) is 3.48. The molecule has 11 nitrogen and oxygen atoms in total. The molecule has 1 aliphatic carbocycles. The number of fused-ring (bicyclic) bond motifs is 1. The van der Waals surface area contributed by atoms with Crippen LogP contribution in [0.3, 0.4) is 0 Å². The summed E-state index contributed by atoms with van der Waals surface area (Å²) < 4.78 is 58.7. The van der Waals surface area contributed by atoms with Crippen molar-refractivity contribution in [3.05, 3.63) is 48.2 Å². The van der Waals surface area contributed by atoms with Gasteiger partial charge in [0, 0.05) is 62.9 Å². The summed E-state index contributed by atoms with van der Waals surface area (Å²) >= 11 is 0. The number of aromatic nitrogens is 4. The summed E-state index contributed by atoms with van der Waals surface area (Å²) in [5.41, 5.74) is 1.98. The number of nitrogens with one attached hydrogen (secondary N) is 1. The number of methoxy groups -OCH3 is 1. The van der Waals surface area contributed by atoms with Gasteiger partial charge in [-0.25, -0.2) is 15.0 Å². The van der Waals surface area contributed by atoms with Crippen molar-refractivity contribution < 1.29 is 66.8 Å². The molecule has 0 amide bonds. The zero-order chi connectivity index (χ0) is 34.8. The Morgan fingerprint density at radius 1 is 1.08 bits per heavy atom. The van der Waals surface area contributed by atoms with Crippen molar-refractivity contribution in [2.75, 3.05) is 58.5 Å². The standard InChI is InChI=1S/C35H41F3N6O5.Na/c1-4-48-29-17-23(16-28(40-29)35(36,37)38)26-18-27(43(2)20-34(21-47-3)12-5-13-34)31-33(39-26)42-32(41-31)22-6-8-24(9-7-22)49-25-10-14-44(15-11-25)19-30(45)46;/h6-9,16-18,25H,4-5,10-15,19-21H2,1-3H3,(H,45,46)(H,39,41,42);/q;+1/p-1. The van der Waals surface area contributed by atoms with E-state index in [0.717, 1.165) is 36.6 Å². The van der Waals surface area contributed by atoms with E-state index in [1.165, 1.54) is 6.07 Å². The maximum absolute atomic E-state index is 13.9. The van der Waals surface area contributed by atoms with Crippen LogP contribution >= 0.6 is 0 Å². The second-order valence-electron chi connectivity index (χ2n) is 13.0. The molecule has 0 atom stereocenters. The molecule has 15 heteroatoms. The number of carboxylic acid groups (broad SMARTS) is 1. The summed E-state index contributed by atoms with van der Waals surface area (Å²) in [5, 5.41) is 10.9. The number of hydrogen-bond acceptors (Lipinski definition) is 10. The normalized spacial score (nSPS) is 16.4. The minimum Gasteiger partial charge on any atom is -0.549 e. The molecule has 4 heterocycles. The third-order valence-corrected chi connectivity index (χ3v) is 9.29. The van der Waals surface area contributed by atoms with Gasteiger partial charge in [-0.05, 0) is 69.0 Å². The first kappa shape index (κ1) is 37.8. The Morgan fingerprint density at radius 2 is 1.80 bits per heavy atom. The topological polar surface area (TPSA) is 129 Å². The van der Waals surface area contributed by atoms with Gasteiger partial charge in [0.25, 0.3) is 0 Å². The van der Waals surface area contributed by atoms with Gasteiger partial charge in [-0.2, -0.15) is 13.2 Å². The van der Waals surface area contributed by atoms with Crippen LogP contribution in [0.1, 0.15) is 44.7 Å². The number of ether oxygens (including phenoxy) is 3. The Kier molecular flexibility index (Phi) is 12.0. The molecule has 1 aromatic carbocycles. The summed E-state index contributed by atoms with van der Waals surface area (Å²) in [4.78, 5) is 31.5. The van der Waals surface area contributed by atoms with Gasteiger partial charge in [-0.15, -0.1) is 0 Å². The second kappa shape index (κ2) is 15.9. The van der Waals surface area contributed by atoms with Crippen LogP contribution in [0.2, 0.25) is 0 Å². The van der Waals surface area contributed by atoms with Crippen molar-refractivity contribution in [2.24, 2.45) is 5.41 Å². The first-order chi connectivity index (χ1) is 23.4. The summed E-state index contributed by atoms with van der Waals surface area (Å²) in [5.74, 6) is 0.0206. The van der Waals surface area contributed by atoms with E-state index in [1.54, 1.807) is 20.1 Å². The number of rotatable bonds is 13. The number of H-pyrrole nitrogens is 1. The van der Waals surface area contributed by atoms with Gasteiger partial charge in [0.15, 0.2) is 5.65 Å². The van der Waals surface area contributed by atoms with Crippen LogP contribution in [-0.4, -0.2) is 90.5 Å². The Balaban J connectivity index is 0.00000486. The van der Waals surface area contributed by atoms with E-state index in [4.69, 9.17) is 24.2 Å². The summed E-state index contributed by atoms with van der Waals surface area (Å²) in [6, 6.07) is 11.7. The molecule has 0 radical (unpaired) electrons. The number of likely N-dealkylation sites (tertiary alicyclic amines) is 1. The molecule has 3 aromatic heterocycles. The van der Waals surface area contributed by atoms with E-state index in [2.05, 4.69) is 14.9 Å². The van der Waals surface area contributed by atoms with Crippen LogP contribution in [0.25, 0.3) is 33.8 Å². The molecule has 4 aromatic rings. The molecule has 1 saturated carbocycles. The Hall–Kier alpha value is -3.43. The maximum atomic E-state index is 13.9. The number of piperidine rings is 1. The van der Waals surface area contributed by atoms with E-state index in [9.17, 15) is 23.1 Å². The zero-order valence-corrected chi connectivity index (χ0v) is 30.8.